The number of rotatable bonds is 8. The summed E-state index contributed by atoms with van der Waals surface area (Å²) in [6, 6.07) is 22.4. The highest BCUT2D eigenvalue weighted by atomic mass is 16.5. The number of anilines is 2. The SMILES string of the molecule is C=C(C)c1cccc(C(C)(C)NC(=O)Nc2ccc3c(c2)OC(C)C(=O)N3CCOc2ccccc2)c1. The lowest BCUT2D eigenvalue weighted by Crippen LogP contribution is -2.46. The number of para-hydroxylation sites is 1. The van der Waals surface area contributed by atoms with Crippen LogP contribution in [-0.2, 0) is 10.3 Å². The molecule has 1 aliphatic rings. The van der Waals surface area contributed by atoms with Gasteiger partial charge in [0.05, 0.1) is 17.8 Å². The van der Waals surface area contributed by atoms with Crippen LogP contribution in [0.1, 0.15) is 38.8 Å². The molecule has 0 saturated heterocycles. The Morgan fingerprint density at radius 2 is 1.84 bits per heavy atom. The highest BCUT2D eigenvalue weighted by Gasteiger charge is 2.32. The van der Waals surface area contributed by atoms with Crippen LogP contribution in [0.3, 0.4) is 0 Å². The monoisotopic (exact) mass is 499 g/mol. The van der Waals surface area contributed by atoms with Crippen molar-refractivity contribution in [3.05, 3.63) is 90.5 Å². The summed E-state index contributed by atoms with van der Waals surface area (Å²) in [6.07, 6.45) is -0.646. The molecule has 37 heavy (non-hydrogen) atoms. The molecule has 1 aliphatic heterocycles. The summed E-state index contributed by atoms with van der Waals surface area (Å²) >= 11 is 0. The predicted molar refractivity (Wildman–Crippen MR) is 147 cm³/mol. The van der Waals surface area contributed by atoms with Crippen LogP contribution < -0.4 is 25.0 Å². The molecule has 3 aromatic rings. The molecule has 0 fully saturated rings. The van der Waals surface area contributed by atoms with E-state index in [0.29, 0.717) is 30.3 Å². The lowest BCUT2D eigenvalue weighted by atomic mass is 9.92. The first-order chi connectivity index (χ1) is 17.6. The van der Waals surface area contributed by atoms with Crippen LogP contribution in [0.5, 0.6) is 11.5 Å². The smallest absolute Gasteiger partial charge is 0.319 e. The number of benzene rings is 3. The number of fused-ring (bicyclic) bond motifs is 1. The Balaban J connectivity index is 1.44. The molecule has 0 aliphatic carbocycles. The van der Waals surface area contributed by atoms with Gasteiger partial charge in [0.1, 0.15) is 18.1 Å². The van der Waals surface area contributed by atoms with Gasteiger partial charge in [0, 0.05) is 11.8 Å². The van der Waals surface area contributed by atoms with Crippen molar-refractivity contribution in [2.75, 3.05) is 23.4 Å². The molecule has 0 spiro atoms. The maximum Gasteiger partial charge on any atom is 0.319 e. The zero-order valence-corrected chi connectivity index (χ0v) is 21.7. The Bertz CT molecular complexity index is 1300. The molecule has 3 amide bonds. The van der Waals surface area contributed by atoms with E-state index in [1.165, 1.54) is 0 Å². The summed E-state index contributed by atoms with van der Waals surface area (Å²) in [5.74, 6) is 1.13. The maximum absolute atomic E-state index is 12.9. The Kier molecular flexibility index (Phi) is 7.53. The third-order valence-corrected chi connectivity index (χ3v) is 6.26. The van der Waals surface area contributed by atoms with Crippen molar-refractivity contribution in [3.63, 3.8) is 0 Å². The van der Waals surface area contributed by atoms with Crippen molar-refractivity contribution in [2.24, 2.45) is 0 Å². The minimum absolute atomic E-state index is 0.138. The standard InChI is InChI=1S/C30H33N3O4/c1-20(2)22-10-9-11-23(18-22)30(4,5)32-29(35)31-24-14-15-26-27(19-24)37-21(3)28(34)33(26)16-17-36-25-12-7-6-8-13-25/h6-15,18-19,21H,1,16-17H2,2-5H3,(H2,31,32,35). The molecular weight excluding hydrogens is 466 g/mol. The van der Waals surface area contributed by atoms with Gasteiger partial charge in [-0.15, -0.1) is 0 Å². The molecule has 7 heteroatoms. The molecule has 3 aromatic carbocycles. The van der Waals surface area contributed by atoms with E-state index in [4.69, 9.17) is 9.47 Å². The summed E-state index contributed by atoms with van der Waals surface area (Å²) in [5.41, 5.74) is 3.55. The van der Waals surface area contributed by atoms with E-state index in [0.717, 1.165) is 22.4 Å². The van der Waals surface area contributed by atoms with Crippen LogP contribution in [0.25, 0.3) is 5.57 Å². The van der Waals surface area contributed by atoms with Crippen molar-refractivity contribution < 1.29 is 19.1 Å². The second-order valence-electron chi connectivity index (χ2n) is 9.66. The summed E-state index contributed by atoms with van der Waals surface area (Å²) < 4.78 is 11.6. The minimum Gasteiger partial charge on any atom is -0.492 e. The second kappa shape index (κ2) is 10.8. The van der Waals surface area contributed by atoms with Gasteiger partial charge in [-0.2, -0.15) is 0 Å². The van der Waals surface area contributed by atoms with Crippen LogP contribution in [0.15, 0.2) is 79.4 Å². The minimum atomic E-state index is -0.646. The number of allylic oxidation sites excluding steroid dienone is 1. The van der Waals surface area contributed by atoms with Gasteiger partial charge in [-0.3, -0.25) is 4.79 Å². The Morgan fingerprint density at radius 3 is 2.57 bits per heavy atom. The molecule has 4 rings (SSSR count). The van der Waals surface area contributed by atoms with Crippen LogP contribution in [0.4, 0.5) is 16.2 Å². The maximum atomic E-state index is 12.9. The van der Waals surface area contributed by atoms with E-state index < -0.39 is 11.6 Å². The van der Waals surface area contributed by atoms with Crippen LogP contribution >= 0.6 is 0 Å². The number of urea groups is 1. The molecular formula is C30H33N3O4. The predicted octanol–water partition coefficient (Wildman–Crippen LogP) is 5.97. The Hall–Kier alpha value is -4.26. The summed E-state index contributed by atoms with van der Waals surface area (Å²) in [6.45, 7) is 12.3. The molecule has 1 heterocycles. The van der Waals surface area contributed by atoms with E-state index in [-0.39, 0.29) is 11.9 Å². The fourth-order valence-electron chi connectivity index (χ4n) is 4.18. The summed E-state index contributed by atoms with van der Waals surface area (Å²) in [4.78, 5) is 27.4. The molecule has 0 saturated carbocycles. The fourth-order valence-corrected chi connectivity index (χ4v) is 4.18. The van der Waals surface area contributed by atoms with Gasteiger partial charge in [0.2, 0.25) is 0 Å². The Labute approximate surface area is 218 Å². The quantitative estimate of drug-likeness (QED) is 0.400. The van der Waals surface area contributed by atoms with Crippen LogP contribution in [0.2, 0.25) is 0 Å². The summed E-state index contributed by atoms with van der Waals surface area (Å²) in [5, 5.41) is 5.92. The average molecular weight is 500 g/mol. The van der Waals surface area contributed by atoms with Gasteiger partial charge >= 0.3 is 6.03 Å². The number of hydrogen-bond donors (Lipinski definition) is 2. The normalized spacial score (nSPS) is 14.9. The number of ether oxygens (including phenoxy) is 2. The van der Waals surface area contributed by atoms with E-state index >= 15 is 0 Å². The van der Waals surface area contributed by atoms with E-state index in [1.54, 1.807) is 30.0 Å². The highest BCUT2D eigenvalue weighted by Crippen LogP contribution is 2.36. The van der Waals surface area contributed by atoms with E-state index in [9.17, 15) is 9.59 Å². The van der Waals surface area contributed by atoms with E-state index in [2.05, 4.69) is 17.2 Å². The topological polar surface area (TPSA) is 79.9 Å². The molecule has 2 N–H and O–H groups in total. The highest BCUT2D eigenvalue weighted by molar-refractivity contribution is 6.00. The lowest BCUT2D eigenvalue weighted by Gasteiger charge is -2.33. The number of hydrogen-bond acceptors (Lipinski definition) is 4. The first-order valence-corrected chi connectivity index (χ1v) is 12.3. The molecule has 0 aromatic heterocycles. The van der Waals surface area contributed by atoms with Gasteiger partial charge in [-0.25, -0.2) is 4.79 Å². The molecule has 7 nitrogen and oxygen atoms in total. The van der Waals surface area contributed by atoms with Crippen LogP contribution in [-0.4, -0.2) is 31.2 Å². The van der Waals surface area contributed by atoms with Crippen molar-refractivity contribution in [1.29, 1.82) is 0 Å². The zero-order valence-electron chi connectivity index (χ0n) is 21.7. The molecule has 1 unspecified atom stereocenters. The van der Waals surface area contributed by atoms with Crippen LogP contribution in [0, 0.1) is 0 Å². The molecule has 0 bridgehead atoms. The first kappa shape index (κ1) is 25.8. The number of carbonyl (C=O) groups excluding carboxylic acids is 2. The molecule has 1 atom stereocenters. The molecule has 0 radical (unpaired) electrons. The number of nitrogens with one attached hydrogen (secondary N) is 2. The third-order valence-electron chi connectivity index (χ3n) is 6.26. The number of nitrogens with zero attached hydrogens (tertiary/aromatic N) is 1. The van der Waals surface area contributed by atoms with Crippen molar-refractivity contribution in [3.8, 4) is 11.5 Å². The zero-order chi connectivity index (χ0) is 26.6. The van der Waals surface area contributed by atoms with Gasteiger partial charge in [0.15, 0.2) is 6.10 Å². The van der Waals surface area contributed by atoms with Gasteiger partial charge in [-0.05, 0) is 69.2 Å². The number of amides is 3. The second-order valence-corrected chi connectivity index (χ2v) is 9.66. The van der Waals surface area contributed by atoms with Gasteiger partial charge in [0.25, 0.3) is 5.91 Å². The third kappa shape index (κ3) is 6.12. The lowest BCUT2D eigenvalue weighted by molar-refractivity contribution is -0.125. The molecule has 192 valence electrons. The first-order valence-electron chi connectivity index (χ1n) is 12.3. The van der Waals surface area contributed by atoms with Crippen molar-refractivity contribution >= 4 is 28.9 Å². The largest absolute Gasteiger partial charge is 0.492 e. The average Bonchev–Trinajstić information content (AvgIpc) is 2.86. The van der Waals surface area contributed by atoms with Crippen molar-refractivity contribution in [1.82, 2.24) is 5.32 Å². The fraction of sp³-hybridized carbons (Fsp3) is 0.267. The Morgan fingerprint density at radius 1 is 1.08 bits per heavy atom. The summed E-state index contributed by atoms with van der Waals surface area (Å²) in [7, 11) is 0. The number of carbonyl (C=O) groups is 2. The van der Waals surface area contributed by atoms with Crippen molar-refractivity contribution in [2.45, 2.75) is 39.3 Å². The van der Waals surface area contributed by atoms with Gasteiger partial charge < -0.3 is 25.0 Å². The van der Waals surface area contributed by atoms with Gasteiger partial charge in [-0.1, -0.05) is 48.6 Å². The van der Waals surface area contributed by atoms with E-state index in [1.807, 2.05) is 75.4 Å².